The summed E-state index contributed by atoms with van der Waals surface area (Å²) in [6, 6.07) is 25.9. The maximum absolute atomic E-state index is 13.0. The van der Waals surface area contributed by atoms with Crippen LogP contribution in [0.1, 0.15) is 15.9 Å². The van der Waals surface area contributed by atoms with E-state index in [0.29, 0.717) is 35.0 Å². The van der Waals surface area contributed by atoms with Gasteiger partial charge in [0.15, 0.2) is 18.1 Å². The second-order valence-corrected chi connectivity index (χ2v) is 7.77. The van der Waals surface area contributed by atoms with Gasteiger partial charge >= 0.3 is 0 Å². The molecule has 2 N–H and O–H groups in total. The number of amides is 2. The standard InChI is InChI=1S/C28H26N2O5/c1-33-24-13-12-22(16-26(24)34-2)30-27(31)18-35-25-15-21-11-7-6-10-20(21)14-23(25)28(32)29-17-19-8-4-3-5-9-19/h3-16H,17-18H2,1-2H3,(H,29,32)(H,30,31). The van der Waals surface area contributed by atoms with E-state index >= 15 is 0 Å². The molecule has 7 heteroatoms. The van der Waals surface area contributed by atoms with Gasteiger partial charge in [-0.2, -0.15) is 0 Å². The number of hydrogen-bond acceptors (Lipinski definition) is 5. The number of methoxy groups -OCH3 is 2. The Hall–Kier alpha value is -4.52. The summed E-state index contributed by atoms with van der Waals surface area (Å²) in [7, 11) is 3.07. The van der Waals surface area contributed by atoms with Crippen LogP contribution < -0.4 is 24.8 Å². The molecule has 0 heterocycles. The highest BCUT2D eigenvalue weighted by molar-refractivity contribution is 6.02. The number of ether oxygens (including phenoxy) is 3. The van der Waals surface area contributed by atoms with Gasteiger partial charge in [-0.1, -0.05) is 54.6 Å². The molecule has 0 aliphatic heterocycles. The first kappa shape index (κ1) is 23.6. The summed E-state index contributed by atoms with van der Waals surface area (Å²) in [6.45, 7) is 0.109. The van der Waals surface area contributed by atoms with Gasteiger partial charge in [0.1, 0.15) is 5.75 Å². The molecule has 35 heavy (non-hydrogen) atoms. The number of nitrogens with one attached hydrogen (secondary N) is 2. The Labute approximate surface area is 203 Å². The van der Waals surface area contributed by atoms with Crippen LogP contribution in [0.4, 0.5) is 5.69 Å². The highest BCUT2D eigenvalue weighted by Crippen LogP contribution is 2.30. The zero-order chi connectivity index (χ0) is 24.6. The van der Waals surface area contributed by atoms with Crippen LogP contribution in [0.2, 0.25) is 0 Å². The van der Waals surface area contributed by atoms with Crippen molar-refractivity contribution in [1.29, 1.82) is 0 Å². The van der Waals surface area contributed by atoms with E-state index in [0.717, 1.165) is 16.3 Å². The number of fused-ring (bicyclic) bond motifs is 1. The highest BCUT2D eigenvalue weighted by atomic mass is 16.5. The lowest BCUT2D eigenvalue weighted by Crippen LogP contribution is -2.25. The minimum atomic E-state index is -0.374. The van der Waals surface area contributed by atoms with Crippen molar-refractivity contribution in [2.24, 2.45) is 0 Å². The fraction of sp³-hybridized carbons (Fsp3) is 0.143. The Morgan fingerprint density at radius 2 is 1.43 bits per heavy atom. The third kappa shape index (κ3) is 5.89. The van der Waals surface area contributed by atoms with E-state index in [4.69, 9.17) is 14.2 Å². The molecule has 0 aliphatic rings. The molecule has 0 unspecified atom stereocenters. The number of anilines is 1. The van der Waals surface area contributed by atoms with Crippen LogP contribution in [0.5, 0.6) is 17.2 Å². The summed E-state index contributed by atoms with van der Waals surface area (Å²) in [6.07, 6.45) is 0. The molecule has 0 bridgehead atoms. The molecule has 0 aliphatic carbocycles. The molecule has 0 saturated carbocycles. The van der Waals surface area contributed by atoms with Crippen molar-refractivity contribution in [3.05, 3.63) is 96.1 Å². The van der Waals surface area contributed by atoms with E-state index in [2.05, 4.69) is 10.6 Å². The van der Waals surface area contributed by atoms with Gasteiger partial charge in [-0.3, -0.25) is 9.59 Å². The molecule has 0 atom stereocenters. The first-order valence-electron chi connectivity index (χ1n) is 11.1. The highest BCUT2D eigenvalue weighted by Gasteiger charge is 2.16. The summed E-state index contributed by atoms with van der Waals surface area (Å²) in [5.41, 5.74) is 1.88. The van der Waals surface area contributed by atoms with Gasteiger partial charge in [-0.05, 0) is 40.6 Å². The monoisotopic (exact) mass is 470 g/mol. The fourth-order valence-electron chi connectivity index (χ4n) is 3.64. The van der Waals surface area contributed by atoms with Crippen molar-refractivity contribution in [2.75, 3.05) is 26.1 Å². The summed E-state index contributed by atoms with van der Waals surface area (Å²) >= 11 is 0. The third-order valence-electron chi connectivity index (χ3n) is 5.41. The van der Waals surface area contributed by atoms with Gasteiger partial charge < -0.3 is 24.8 Å². The maximum atomic E-state index is 13.0. The van der Waals surface area contributed by atoms with Gasteiger partial charge in [0.2, 0.25) is 0 Å². The molecule has 178 valence electrons. The summed E-state index contributed by atoms with van der Waals surface area (Å²) in [5, 5.41) is 7.50. The van der Waals surface area contributed by atoms with Crippen molar-refractivity contribution in [1.82, 2.24) is 5.32 Å². The number of rotatable bonds is 9. The van der Waals surface area contributed by atoms with Gasteiger partial charge in [0.25, 0.3) is 11.8 Å². The third-order valence-corrected chi connectivity index (χ3v) is 5.41. The van der Waals surface area contributed by atoms with E-state index < -0.39 is 0 Å². The van der Waals surface area contributed by atoms with Gasteiger partial charge in [0, 0.05) is 18.3 Å². The van der Waals surface area contributed by atoms with E-state index in [1.54, 1.807) is 37.4 Å². The van der Waals surface area contributed by atoms with Crippen LogP contribution in [0.25, 0.3) is 10.8 Å². The zero-order valence-electron chi connectivity index (χ0n) is 19.5. The lowest BCUT2D eigenvalue weighted by atomic mass is 10.1. The van der Waals surface area contributed by atoms with Crippen molar-refractivity contribution >= 4 is 28.3 Å². The number of carbonyl (C=O) groups excluding carboxylic acids is 2. The molecule has 0 saturated heterocycles. The topological polar surface area (TPSA) is 85.9 Å². The zero-order valence-corrected chi connectivity index (χ0v) is 19.5. The number of benzene rings is 4. The average Bonchev–Trinajstić information content (AvgIpc) is 2.90. The molecular formula is C28H26N2O5. The first-order chi connectivity index (χ1) is 17.1. The van der Waals surface area contributed by atoms with E-state index in [9.17, 15) is 9.59 Å². The largest absolute Gasteiger partial charge is 0.493 e. The van der Waals surface area contributed by atoms with Gasteiger partial charge in [0.05, 0.1) is 19.8 Å². The van der Waals surface area contributed by atoms with Crippen LogP contribution in [0.3, 0.4) is 0 Å². The predicted octanol–water partition coefficient (Wildman–Crippen LogP) is 4.80. The molecule has 4 aromatic rings. The summed E-state index contributed by atoms with van der Waals surface area (Å²) < 4.78 is 16.3. The minimum Gasteiger partial charge on any atom is -0.493 e. The Kier molecular flexibility index (Phi) is 7.47. The van der Waals surface area contributed by atoms with Crippen LogP contribution in [0, 0.1) is 0 Å². The number of carbonyl (C=O) groups is 2. The van der Waals surface area contributed by atoms with Crippen LogP contribution >= 0.6 is 0 Å². The van der Waals surface area contributed by atoms with Gasteiger partial charge in [-0.15, -0.1) is 0 Å². The van der Waals surface area contributed by atoms with Crippen LogP contribution in [0.15, 0.2) is 84.9 Å². The Bertz CT molecular complexity index is 1340. The lowest BCUT2D eigenvalue weighted by Gasteiger charge is -2.14. The van der Waals surface area contributed by atoms with Crippen LogP contribution in [-0.2, 0) is 11.3 Å². The van der Waals surface area contributed by atoms with Gasteiger partial charge in [-0.25, -0.2) is 0 Å². The summed E-state index contributed by atoms with van der Waals surface area (Å²) in [4.78, 5) is 25.6. The molecule has 2 amide bonds. The van der Waals surface area contributed by atoms with E-state index in [1.165, 1.54) is 7.11 Å². The molecule has 0 fully saturated rings. The quantitative estimate of drug-likeness (QED) is 0.367. The molecule has 0 spiro atoms. The molecule has 0 radical (unpaired) electrons. The fourth-order valence-corrected chi connectivity index (χ4v) is 3.64. The second kappa shape index (κ2) is 11.1. The average molecular weight is 471 g/mol. The van der Waals surface area contributed by atoms with Crippen LogP contribution in [-0.4, -0.2) is 32.6 Å². The Balaban J connectivity index is 1.49. The Morgan fingerprint density at radius 1 is 0.743 bits per heavy atom. The molecule has 7 nitrogen and oxygen atoms in total. The lowest BCUT2D eigenvalue weighted by molar-refractivity contribution is -0.118. The molecule has 4 rings (SSSR count). The SMILES string of the molecule is COc1ccc(NC(=O)COc2cc3ccccc3cc2C(=O)NCc2ccccc2)cc1OC. The molecular weight excluding hydrogens is 444 g/mol. The van der Waals surface area contributed by atoms with Crippen molar-refractivity contribution in [2.45, 2.75) is 6.54 Å². The maximum Gasteiger partial charge on any atom is 0.262 e. The van der Waals surface area contributed by atoms with Crippen molar-refractivity contribution < 1.29 is 23.8 Å². The first-order valence-corrected chi connectivity index (χ1v) is 11.1. The van der Waals surface area contributed by atoms with E-state index in [-0.39, 0.29) is 18.4 Å². The Morgan fingerprint density at radius 3 is 2.14 bits per heavy atom. The smallest absolute Gasteiger partial charge is 0.262 e. The van der Waals surface area contributed by atoms with E-state index in [1.807, 2.05) is 54.6 Å². The second-order valence-electron chi connectivity index (χ2n) is 7.77. The summed E-state index contributed by atoms with van der Waals surface area (Å²) in [5.74, 6) is 0.731. The molecule has 4 aromatic carbocycles. The predicted molar refractivity (Wildman–Crippen MR) is 135 cm³/mol. The normalized spacial score (nSPS) is 10.5. The van der Waals surface area contributed by atoms with Crippen molar-refractivity contribution in [3.8, 4) is 17.2 Å². The number of hydrogen-bond donors (Lipinski definition) is 2. The molecule has 0 aromatic heterocycles. The minimum absolute atomic E-state index is 0.272. The van der Waals surface area contributed by atoms with Crippen molar-refractivity contribution in [3.63, 3.8) is 0 Å².